The zero-order chi connectivity index (χ0) is 13.9. The van der Waals surface area contributed by atoms with Gasteiger partial charge < -0.3 is 9.84 Å². The number of aromatic nitrogens is 2. The van der Waals surface area contributed by atoms with Crippen LogP contribution in [0.4, 0.5) is 0 Å². The van der Waals surface area contributed by atoms with Crippen molar-refractivity contribution >= 4 is 21.6 Å². The van der Waals surface area contributed by atoms with Crippen LogP contribution in [-0.2, 0) is 22.1 Å². The van der Waals surface area contributed by atoms with Crippen LogP contribution in [0.1, 0.15) is 32.0 Å². The van der Waals surface area contributed by atoms with E-state index in [4.69, 9.17) is 4.52 Å². The van der Waals surface area contributed by atoms with E-state index in [9.17, 15) is 8.42 Å². The molecule has 1 N–H and O–H groups in total. The van der Waals surface area contributed by atoms with Gasteiger partial charge in [-0.1, -0.05) is 19.0 Å². The fourth-order valence-corrected chi connectivity index (χ4v) is 4.16. The first-order chi connectivity index (χ1) is 8.94. The van der Waals surface area contributed by atoms with Crippen LogP contribution < -0.4 is 5.32 Å². The van der Waals surface area contributed by atoms with E-state index in [1.165, 1.54) is 0 Å². The normalized spacial score (nSPS) is 22.2. The molecule has 19 heavy (non-hydrogen) atoms. The van der Waals surface area contributed by atoms with Crippen molar-refractivity contribution < 1.29 is 12.9 Å². The number of nitrogens with zero attached hydrogens (tertiary/aromatic N) is 2. The number of rotatable bonds is 6. The van der Waals surface area contributed by atoms with Crippen LogP contribution in [0.15, 0.2) is 4.52 Å². The minimum atomic E-state index is -2.85. The van der Waals surface area contributed by atoms with Gasteiger partial charge in [-0.25, -0.2) is 8.42 Å². The Morgan fingerprint density at radius 1 is 1.53 bits per heavy atom. The average Bonchev–Trinajstić information content (AvgIpc) is 2.90. The molecule has 8 heteroatoms. The van der Waals surface area contributed by atoms with E-state index in [0.717, 1.165) is 5.75 Å². The summed E-state index contributed by atoms with van der Waals surface area (Å²) in [5.74, 6) is 2.42. The van der Waals surface area contributed by atoms with Gasteiger partial charge in [0.25, 0.3) is 0 Å². The molecule has 1 unspecified atom stereocenters. The summed E-state index contributed by atoms with van der Waals surface area (Å²) in [6.45, 7) is 4.67. The molecule has 2 heterocycles. The predicted molar refractivity (Wildman–Crippen MR) is 74.6 cm³/mol. The minimum absolute atomic E-state index is 0.00499. The largest absolute Gasteiger partial charge is 0.338 e. The van der Waals surface area contributed by atoms with Crippen LogP contribution in [0.2, 0.25) is 0 Å². The van der Waals surface area contributed by atoms with Gasteiger partial charge in [0, 0.05) is 6.04 Å². The lowest BCUT2D eigenvalue weighted by Gasteiger charge is -2.07. The topological polar surface area (TPSA) is 85.1 Å². The molecule has 0 aromatic carbocycles. The lowest BCUT2D eigenvalue weighted by atomic mass is 10.3. The van der Waals surface area contributed by atoms with Crippen molar-refractivity contribution in [3.8, 4) is 0 Å². The molecule has 108 valence electrons. The van der Waals surface area contributed by atoms with Crippen LogP contribution in [0.25, 0.3) is 0 Å². The van der Waals surface area contributed by atoms with E-state index < -0.39 is 9.84 Å². The maximum Gasteiger partial charge on any atom is 0.240 e. The molecule has 1 aromatic heterocycles. The zero-order valence-corrected chi connectivity index (χ0v) is 12.8. The fraction of sp³-hybridized carbons (Fsp3) is 0.818. The summed E-state index contributed by atoms with van der Waals surface area (Å²) in [5.41, 5.74) is 0. The lowest BCUT2D eigenvalue weighted by Crippen LogP contribution is -2.29. The molecule has 1 saturated heterocycles. The first-order valence-corrected chi connectivity index (χ1v) is 9.18. The lowest BCUT2D eigenvalue weighted by molar-refractivity contribution is 0.357. The van der Waals surface area contributed by atoms with Gasteiger partial charge in [-0.3, -0.25) is 0 Å². The Hall–Kier alpha value is -0.600. The zero-order valence-electron chi connectivity index (χ0n) is 11.1. The van der Waals surface area contributed by atoms with Crippen molar-refractivity contribution in [1.82, 2.24) is 15.5 Å². The van der Waals surface area contributed by atoms with Gasteiger partial charge in [-0.05, 0) is 11.7 Å². The highest BCUT2D eigenvalue weighted by molar-refractivity contribution is 7.99. The van der Waals surface area contributed by atoms with Crippen molar-refractivity contribution in [2.75, 3.05) is 11.5 Å². The first kappa shape index (κ1) is 14.8. The Morgan fingerprint density at radius 3 is 2.95 bits per heavy atom. The Morgan fingerprint density at radius 2 is 2.32 bits per heavy atom. The van der Waals surface area contributed by atoms with Crippen LogP contribution in [0.3, 0.4) is 0 Å². The van der Waals surface area contributed by atoms with E-state index in [-0.39, 0.29) is 17.5 Å². The van der Waals surface area contributed by atoms with Gasteiger partial charge in [-0.15, -0.1) is 0 Å². The van der Waals surface area contributed by atoms with Gasteiger partial charge in [0.05, 0.1) is 23.8 Å². The summed E-state index contributed by atoms with van der Waals surface area (Å²) in [4.78, 5) is 4.27. The summed E-state index contributed by atoms with van der Waals surface area (Å²) >= 11 is 1.76. The third kappa shape index (κ3) is 4.77. The molecular formula is C11H19N3O3S2. The smallest absolute Gasteiger partial charge is 0.240 e. The van der Waals surface area contributed by atoms with Crippen molar-refractivity contribution in [2.45, 2.75) is 43.9 Å². The summed E-state index contributed by atoms with van der Waals surface area (Å²) in [7, 11) is -2.85. The molecule has 1 aliphatic heterocycles. The monoisotopic (exact) mass is 305 g/mol. The molecule has 0 aliphatic carbocycles. The third-order valence-corrected chi connectivity index (χ3v) is 5.69. The number of thioether (sulfide) groups is 1. The van der Waals surface area contributed by atoms with Crippen molar-refractivity contribution in [2.24, 2.45) is 0 Å². The van der Waals surface area contributed by atoms with Gasteiger partial charge in [0.15, 0.2) is 15.7 Å². The maximum atomic E-state index is 11.3. The van der Waals surface area contributed by atoms with E-state index in [0.29, 0.717) is 29.9 Å². The van der Waals surface area contributed by atoms with E-state index in [1.807, 2.05) is 0 Å². The van der Waals surface area contributed by atoms with Crippen molar-refractivity contribution in [1.29, 1.82) is 0 Å². The molecule has 1 fully saturated rings. The fourth-order valence-electron chi connectivity index (χ4n) is 1.85. The van der Waals surface area contributed by atoms with Gasteiger partial charge in [-0.2, -0.15) is 16.7 Å². The second kappa shape index (κ2) is 6.23. The van der Waals surface area contributed by atoms with E-state index in [1.54, 1.807) is 11.8 Å². The number of nitrogens with one attached hydrogen (secondary N) is 1. The molecule has 1 aliphatic rings. The average molecular weight is 305 g/mol. The molecule has 0 radical (unpaired) electrons. The van der Waals surface area contributed by atoms with Gasteiger partial charge in [0.2, 0.25) is 5.89 Å². The Labute approximate surface area is 117 Å². The summed E-state index contributed by atoms with van der Waals surface area (Å²) in [5, 5.41) is 7.58. The molecule has 2 rings (SSSR count). The van der Waals surface area contributed by atoms with Crippen LogP contribution in [0, 0.1) is 0 Å². The SMILES string of the molecule is CC(C)SCc1noc(CNC2CCS(=O)(=O)C2)n1. The first-order valence-electron chi connectivity index (χ1n) is 6.31. The van der Waals surface area contributed by atoms with Crippen molar-refractivity contribution in [3.05, 3.63) is 11.7 Å². The second-order valence-corrected chi connectivity index (χ2v) is 8.74. The Kier molecular flexibility index (Phi) is 4.86. The van der Waals surface area contributed by atoms with Crippen LogP contribution in [0.5, 0.6) is 0 Å². The number of hydrogen-bond acceptors (Lipinski definition) is 7. The summed E-state index contributed by atoms with van der Waals surface area (Å²) < 4.78 is 27.7. The molecule has 1 aromatic rings. The van der Waals surface area contributed by atoms with Crippen molar-refractivity contribution in [3.63, 3.8) is 0 Å². The van der Waals surface area contributed by atoms with Gasteiger partial charge >= 0.3 is 0 Å². The Balaban J connectivity index is 1.77. The molecule has 0 spiro atoms. The highest BCUT2D eigenvalue weighted by Gasteiger charge is 2.27. The second-order valence-electron chi connectivity index (χ2n) is 4.94. The van der Waals surface area contributed by atoms with E-state index in [2.05, 4.69) is 29.3 Å². The highest BCUT2D eigenvalue weighted by Crippen LogP contribution is 2.15. The van der Waals surface area contributed by atoms with Crippen LogP contribution in [-0.4, -0.2) is 41.4 Å². The molecular weight excluding hydrogens is 286 g/mol. The number of hydrogen-bond donors (Lipinski definition) is 1. The quantitative estimate of drug-likeness (QED) is 0.838. The van der Waals surface area contributed by atoms with Crippen LogP contribution >= 0.6 is 11.8 Å². The molecule has 0 amide bonds. The molecule has 0 bridgehead atoms. The van der Waals surface area contributed by atoms with E-state index >= 15 is 0 Å². The molecule has 1 atom stereocenters. The predicted octanol–water partition coefficient (Wildman–Crippen LogP) is 0.988. The third-order valence-electron chi connectivity index (χ3n) is 2.83. The minimum Gasteiger partial charge on any atom is -0.338 e. The summed E-state index contributed by atoms with van der Waals surface area (Å²) in [6.07, 6.45) is 0.659. The summed E-state index contributed by atoms with van der Waals surface area (Å²) in [6, 6.07) is 0.00499. The number of sulfone groups is 1. The maximum absolute atomic E-state index is 11.3. The Bertz CT molecular complexity index is 513. The molecule has 6 nitrogen and oxygen atoms in total. The highest BCUT2D eigenvalue weighted by atomic mass is 32.2. The molecule has 0 saturated carbocycles. The van der Waals surface area contributed by atoms with Gasteiger partial charge in [0.1, 0.15) is 0 Å². The standard InChI is InChI=1S/C11H19N3O3S2/c1-8(2)18-6-10-13-11(17-14-10)5-12-9-3-4-19(15,16)7-9/h8-9,12H,3-7H2,1-2H3.